The topological polar surface area (TPSA) is 111 Å². The summed E-state index contributed by atoms with van der Waals surface area (Å²) in [5.74, 6) is -0.417. The summed E-state index contributed by atoms with van der Waals surface area (Å²) in [7, 11) is 0. The van der Waals surface area contributed by atoms with Crippen molar-refractivity contribution in [2.45, 2.75) is 61.9 Å². The normalized spacial score (nSPS) is 19.8. The lowest BCUT2D eigenvalue weighted by Gasteiger charge is -2.41. The second-order valence-corrected chi connectivity index (χ2v) is 16.7. The molecule has 1 spiro atoms. The van der Waals surface area contributed by atoms with Gasteiger partial charge in [0.15, 0.2) is 0 Å². The van der Waals surface area contributed by atoms with Crippen molar-refractivity contribution >= 4 is 63.2 Å². The van der Waals surface area contributed by atoms with Gasteiger partial charge in [-0.25, -0.2) is 14.4 Å². The van der Waals surface area contributed by atoms with Crippen molar-refractivity contribution in [1.29, 1.82) is 0 Å². The fraction of sp³-hybridized carbons (Fsp3) is 0.333. The van der Waals surface area contributed by atoms with Crippen molar-refractivity contribution in [2.24, 2.45) is 0 Å². The summed E-state index contributed by atoms with van der Waals surface area (Å²) in [5.41, 5.74) is 1.83. The minimum atomic E-state index is -4.77. The number of imidazole rings is 1. The predicted molar refractivity (Wildman–Crippen MR) is 213 cm³/mol. The lowest BCUT2D eigenvalue weighted by molar-refractivity contribution is -0.136. The molecule has 2 amide bonds. The number of anilines is 2. The van der Waals surface area contributed by atoms with E-state index in [9.17, 15) is 27.2 Å². The number of amides is 2. The Kier molecular flexibility index (Phi) is 9.77. The van der Waals surface area contributed by atoms with Crippen molar-refractivity contribution in [1.82, 2.24) is 19.4 Å². The third kappa shape index (κ3) is 7.22. The average molecular weight is 833 g/mol. The van der Waals surface area contributed by atoms with E-state index in [2.05, 4.69) is 31.2 Å². The predicted octanol–water partition coefficient (Wildman–Crippen LogP) is 8.83. The first-order valence-electron chi connectivity index (χ1n) is 18.9. The fourth-order valence-electron chi connectivity index (χ4n) is 7.91. The summed E-state index contributed by atoms with van der Waals surface area (Å²) in [5, 5.41) is 5.53. The van der Waals surface area contributed by atoms with Gasteiger partial charge in [0.2, 0.25) is 11.8 Å². The maximum Gasteiger partial charge on any atom is 0.418 e. The van der Waals surface area contributed by atoms with Crippen LogP contribution in [0.5, 0.6) is 5.88 Å². The number of thioether (sulfide) groups is 1. The van der Waals surface area contributed by atoms with Crippen LogP contribution in [0, 0.1) is 5.82 Å². The summed E-state index contributed by atoms with van der Waals surface area (Å²) >= 11 is 7.51. The summed E-state index contributed by atoms with van der Waals surface area (Å²) in [4.78, 5) is 37.8. The van der Waals surface area contributed by atoms with Crippen molar-refractivity contribution in [3.63, 3.8) is 0 Å². The molecule has 5 aromatic rings. The molecule has 1 saturated heterocycles. The number of fused-ring (bicyclic) bond motifs is 3. The van der Waals surface area contributed by atoms with Gasteiger partial charge < -0.3 is 24.7 Å². The van der Waals surface area contributed by atoms with Crippen molar-refractivity contribution < 1.29 is 36.6 Å². The van der Waals surface area contributed by atoms with E-state index in [1.54, 1.807) is 48.2 Å². The highest BCUT2D eigenvalue weighted by molar-refractivity contribution is 7.99. The molecular weight excluding hydrogens is 796 g/mol. The van der Waals surface area contributed by atoms with Crippen LogP contribution in [0.3, 0.4) is 0 Å². The van der Waals surface area contributed by atoms with Gasteiger partial charge in [0, 0.05) is 47.4 Å². The molecule has 5 heterocycles. The monoisotopic (exact) mass is 832 g/mol. The molecule has 1 aliphatic carbocycles. The number of aromatic nitrogens is 3. The summed E-state index contributed by atoms with van der Waals surface area (Å²) in [6, 6.07) is 17.5. The molecule has 9 rings (SSSR count). The molecule has 1 saturated carbocycles. The van der Waals surface area contributed by atoms with Crippen LogP contribution >= 0.6 is 23.4 Å². The number of nitrogens with zero attached hydrogens (tertiary/aromatic N) is 4. The van der Waals surface area contributed by atoms with Gasteiger partial charge in [-0.2, -0.15) is 13.2 Å². The van der Waals surface area contributed by atoms with E-state index in [0.29, 0.717) is 66.8 Å². The molecule has 3 aromatic carbocycles. The van der Waals surface area contributed by atoms with Gasteiger partial charge in [-0.05, 0) is 85.2 Å². The minimum absolute atomic E-state index is 0.0170. The number of nitrogens with one attached hydrogen (secondary N) is 2. The summed E-state index contributed by atoms with van der Waals surface area (Å²) in [6.45, 7) is 3.06. The standard InChI is InChI=1S/C42H37ClF4N6O4S/c1-58-41(13-16-57-41)23-53-34-20-28(48-38(54)26-17-29-37(30(18-26)42(45,46)47)51-39(55)40(29)11-12-40)7-8-33(34)49-35(53)21-52-14-9-24(10-15-52)32-3-2-4-36(50-32)56-22-25-5-6-27(43)19-31(25)44/h2-9,17-20H,10-16,21-23H2,1H3,(H,48,54)(H,51,55). The van der Waals surface area contributed by atoms with E-state index in [1.807, 2.05) is 18.4 Å². The third-order valence-corrected chi connectivity index (χ3v) is 12.9. The molecule has 4 aliphatic rings. The number of carbonyl (C=O) groups is 2. The maximum atomic E-state index is 14.3. The molecule has 10 nitrogen and oxygen atoms in total. The van der Waals surface area contributed by atoms with Gasteiger partial charge in [-0.1, -0.05) is 29.8 Å². The first-order valence-corrected chi connectivity index (χ1v) is 20.5. The van der Waals surface area contributed by atoms with Crippen LogP contribution in [0.1, 0.15) is 64.2 Å². The summed E-state index contributed by atoms with van der Waals surface area (Å²) in [6.07, 6.45) is 1.81. The number of pyridine rings is 1. The number of benzene rings is 3. The number of rotatable bonds is 11. The molecule has 1 atom stereocenters. The van der Waals surface area contributed by atoms with Crippen LogP contribution in [-0.4, -0.2) is 62.1 Å². The molecule has 0 radical (unpaired) electrons. The SMILES string of the molecule is CSC1(Cn2c(CN3CC=C(c4cccc(OCc5ccc(Cl)cc5F)n4)CC3)nc3ccc(NC(=O)c4cc(C(F)(F)F)c5c(c4)C4(CC4)C(=O)N5)cc32)CCO1. The smallest absolute Gasteiger partial charge is 0.418 e. The Labute approximate surface area is 339 Å². The first kappa shape index (κ1) is 38.6. The highest BCUT2D eigenvalue weighted by Gasteiger charge is 2.58. The quantitative estimate of drug-likeness (QED) is 0.127. The van der Waals surface area contributed by atoms with Gasteiger partial charge in [-0.15, -0.1) is 11.8 Å². The first-order chi connectivity index (χ1) is 27.8. The number of alkyl halides is 3. The molecule has 0 bridgehead atoms. The van der Waals surface area contributed by atoms with Gasteiger partial charge in [0.05, 0.1) is 53.1 Å². The zero-order valence-electron chi connectivity index (χ0n) is 31.2. The Hall–Kier alpha value is -4.96. The summed E-state index contributed by atoms with van der Waals surface area (Å²) < 4.78 is 70.8. The molecule has 2 aromatic heterocycles. The Balaban J connectivity index is 0.940. The molecule has 16 heteroatoms. The molecule has 2 N–H and O–H groups in total. The van der Waals surface area contributed by atoms with Gasteiger partial charge in [-0.3, -0.25) is 14.5 Å². The molecule has 2 fully saturated rings. The van der Waals surface area contributed by atoms with Crippen LogP contribution in [0.4, 0.5) is 28.9 Å². The van der Waals surface area contributed by atoms with E-state index in [0.717, 1.165) is 48.1 Å². The maximum absolute atomic E-state index is 14.3. The zero-order chi connectivity index (χ0) is 40.4. The van der Waals surface area contributed by atoms with E-state index in [1.165, 1.54) is 12.1 Å². The molecule has 58 heavy (non-hydrogen) atoms. The Morgan fingerprint density at radius 2 is 1.91 bits per heavy atom. The van der Waals surface area contributed by atoms with Crippen molar-refractivity contribution in [2.75, 3.05) is 36.6 Å². The number of carbonyl (C=O) groups excluding carboxylic acids is 2. The number of ether oxygens (including phenoxy) is 2. The lowest BCUT2D eigenvalue weighted by Crippen LogP contribution is -2.44. The van der Waals surface area contributed by atoms with E-state index >= 15 is 0 Å². The highest BCUT2D eigenvalue weighted by atomic mass is 35.5. The van der Waals surface area contributed by atoms with Crippen LogP contribution < -0.4 is 15.4 Å². The van der Waals surface area contributed by atoms with Crippen LogP contribution in [-0.2, 0) is 40.8 Å². The number of hydrogen-bond acceptors (Lipinski definition) is 8. The fourth-order valence-corrected chi connectivity index (χ4v) is 8.81. The Bertz CT molecular complexity index is 2510. The Morgan fingerprint density at radius 1 is 1.09 bits per heavy atom. The van der Waals surface area contributed by atoms with Crippen molar-refractivity contribution in [3.8, 4) is 5.88 Å². The van der Waals surface area contributed by atoms with E-state index < -0.39 is 39.7 Å². The molecule has 300 valence electrons. The molecular formula is C42H37ClF4N6O4S. The van der Waals surface area contributed by atoms with E-state index in [4.69, 9.17) is 26.1 Å². The van der Waals surface area contributed by atoms with Gasteiger partial charge >= 0.3 is 6.18 Å². The number of hydrogen-bond donors (Lipinski definition) is 2. The average Bonchev–Trinajstić information content (AvgIpc) is 3.87. The van der Waals surface area contributed by atoms with Crippen molar-refractivity contribution in [3.05, 3.63) is 117 Å². The van der Waals surface area contributed by atoms with Gasteiger partial charge in [0.1, 0.15) is 23.2 Å². The molecule has 1 unspecified atom stereocenters. The van der Waals surface area contributed by atoms with E-state index in [-0.39, 0.29) is 23.4 Å². The highest BCUT2D eigenvalue weighted by Crippen LogP contribution is 2.57. The number of halogens is 5. The van der Waals surface area contributed by atoms with Crippen LogP contribution in [0.25, 0.3) is 16.6 Å². The zero-order valence-corrected chi connectivity index (χ0v) is 32.8. The van der Waals surface area contributed by atoms with Crippen LogP contribution in [0.15, 0.2) is 72.8 Å². The third-order valence-electron chi connectivity index (χ3n) is 11.5. The lowest BCUT2D eigenvalue weighted by atomic mass is 9.93. The van der Waals surface area contributed by atoms with Crippen LogP contribution in [0.2, 0.25) is 5.02 Å². The minimum Gasteiger partial charge on any atom is -0.473 e. The second-order valence-electron chi connectivity index (χ2n) is 15.1. The molecule has 3 aliphatic heterocycles. The Morgan fingerprint density at radius 3 is 2.60 bits per heavy atom. The largest absolute Gasteiger partial charge is 0.473 e. The second kappa shape index (κ2) is 14.7. The van der Waals surface area contributed by atoms with Gasteiger partial charge in [0.25, 0.3) is 5.91 Å².